The van der Waals surface area contributed by atoms with E-state index in [-0.39, 0.29) is 5.91 Å². The van der Waals surface area contributed by atoms with Crippen LogP contribution in [0.2, 0.25) is 0 Å². The second-order valence-corrected chi connectivity index (χ2v) is 5.99. The van der Waals surface area contributed by atoms with Gasteiger partial charge >= 0.3 is 0 Å². The van der Waals surface area contributed by atoms with Gasteiger partial charge in [0.15, 0.2) is 0 Å². The minimum absolute atomic E-state index is 0.280. The molecule has 2 heterocycles. The summed E-state index contributed by atoms with van der Waals surface area (Å²) in [5.41, 5.74) is 3.20. The molecule has 0 aliphatic carbocycles. The van der Waals surface area contributed by atoms with Crippen molar-refractivity contribution in [3.05, 3.63) is 71.4 Å². The summed E-state index contributed by atoms with van der Waals surface area (Å²) in [6, 6.07) is 13.6. The maximum absolute atomic E-state index is 12.8. The smallest absolute Gasteiger partial charge is 0.255 e. The molecule has 0 saturated carbocycles. The molecule has 0 saturated heterocycles. The number of aromatic amines is 1. The van der Waals surface area contributed by atoms with Gasteiger partial charge in [-0.3, -0.25) is 4.79 Å². The highest BCUT2D eigenvalue weighted by molar-refractivity contribution is 6.02. The quantitative estimate of drug-likeness (QED) is 0.800. The number of aliphatic carboxylic acids is 1. The van der Waals surface area contributed by atoms with Crippen LogP contribution in [-0.4, -0.2) is 27.8 Å². The van der Waals surface area contributed by atoms with Crippen LogP contribution in [0.5, 0.6) is 0 Å². The highest BCUT2D eigenvalue weighted by Gasteiger charge is 2.41. The lowest BCUT2D eigenvalue weighted by atomic mass is 9.97. The van der Waals surface area contributed by atoms with Crippen molar-refractivity contribution in [2.45, 2.75) is 19.0 Å². The fourth-order valence-corrected chi connectivity index (χ4v) is 3.49. The average molecular weight is 319 g/mol. The number of hydrogen-bond donors (Lipinski definition) is 1. The van der Waals surface area contributed by atoms with Crippen LogP contribution in [0.3, 0.4) is 0 Å². The summed E-state index contributed by atoms with van der Waals surface area (Å²) >= 11 is 0. The molecule has 0 fully saturated rings. The fourth-order valence-electron chi connectivity index (χ4n) is 3.49. The third kappa shape index (κ3) is 1.94. The fraction of sp³-hybridized carbons (Fsp3) is 0.158. The standard InChI is InChI=1S/C19H16N2O3/c1-11(19(23)24)21-17(13-7-2-3-8-14(13)18(21)22)15-10-20-16-9-5-4-6-12(15)16/h2-11,17,20H,1H3,(H,23,24)/p-1/t11-,17+/m1/s1. The van der Waals surface area contributed by atoms with Gasteiger partial charge in [-0.1, -0.05) is 36.4 Å². The van der Waals surface area contributed by atoms with Crippen LogP contribution >= 0.6 is 0 Å². The number of carbonyl (C=O) groups is 2. The molecule has 0 unspecified atom stereocenters. The molecule has 1 amide bonds. The molecule has 1 aliphatic rings. The second-order valence-electron chi connectivity index (χ2n) is 5.99. The van der Waals surface area contributed by atoms with Crippen LogP contribution in [0.25, 0.3) is 10.9 Å². The van der Waals surface area contributed by atoms with Crippen LogP contribution in [0.1, 0.15) is 34.5 Å². The lowest BCUT2D eigenvalue weighted by Crippen LogP contribution is -2.48. The number of carboxylic acid groups (broad SMARTS) is 1. The van der Waals surface area contributed by atoms with E-state index in [1.165, 1.54) is 11.8 Å². The van der Waals surface area contributed by atoms with Crippen molar-refractivity contribution in [2.75, 3.05) is 0 Å². The molecule has 2 atom stereocenters. The number of para-hydroxylation sites is 1. The first-order chi connectivity index (χ1) is 11.6. The maximum atomic E-state index is 12.8. The molecule has 2 aromatic carbocycles. The number of nitrogens with one attached hydrogen (secondary N) is 1. The zero-order chi connectivity index (χ0) is 16.8. The third-order valence-electron chi connectivity index (χ3n) is 4.67. The Hall–Kier alpha value is -3.08. The van der Waals surface area contributed by atoms with E-state index in [1.807, 2.05) is 42.6 Å². The van der Waals surface area contributed by atoms with Gasteiger partial charge in [-0.25, -0.2) is 0 Å². The van der Waals surface area contributed by atoms with Crippen LogP contribution in [-0.2, 0) is 4.79 Å². The monoisotopic (exact) mass is 319 g/mol. The number of benzene rings is 2. The lowest BCUT2D eigenvalue weighted by molar-refractivity contribution is -0.310. The number of rotatable bonds is 3. The lowest BCUT2D eigenvalue weighted by Gasteiger charge is -2.31. The highest BCUT2D eigenvalue weighted by Crippen LogP contribution is 2.42. The maximum Gasteiger partial charge on any atom is 0.255 e. The Labute approximate surface area is 138 Å². The number of nitrogens with zero attached hydrogens (tertiary/aromatic N) is 1. The topological polar surface area (TPSA) is 76.2 Å². The first-order valence-corrected chi connectivity index (χ1v) is 7.78. The van der Waals surface area contributed by atoms with Crippen molar-refractivity contribution in [1.82, 2.24) is 9.88 Å². The van der Waals surface area contributed by atoms with Gasteiger partial charge in [0.05, 0.1) is 18.1 Å². The van der Waals surface area contributed by atoms with Gasteiger partial charge in [0.2, 0.25) is 0 Å². The van der Waals surface area contributed by atoms with Crippen molar-refractivity contribution in [1.29, 1.82) is 0 Å². The first-order valence-electron chi connectivity index (χ1n) is 7.78. The van der Waals surface area contributed by atoms with Crippen molar-refractivity contribution in [3.63, 3.8) is 0 Å². The average Bonchev–Trinajstić information content (AvgIpc) is 3.13. The van der Waals surface area contributed by atoms with Gasteiger partial charge in [-0.15, -0.1) is 0 Å². The molecule has 0 radical (unpaired) electrons. The zero-order valence-electron chi connectivity index (χ0n) is 13.0. The Morgan fingerprint density at radius 3 is 2.62 bits per heavy atom. The number of hydrogen-bond acceptors (Lipinski definition) is 3. The van der Waals surface area contributed by atoms with Gasteiger partial charge in [-0.2, -0.15) is 0 Å². The van der Waals surface area contributed by atoms with Crippen LogP contribution in [0.15, 0.2) is 54.7 Å². The number of amides is 1. The molecule has 4 rings (SSSR count). The molecule has 1 N–H and O–H groups in total. The largest absolute Gasteiger partial charge is 0.548 e. The SMILES string of the molecule is C[C@H](C(=O)[O-])N1C(=O)c2ccccc2[C@H]1c1c[nH]c2ccccc12. The van der Waals surface area contributed by atoms with E-state index in [4.69, 9.17) is 0 Å². The summed E-state index contributed by atoms with van der Waals surface area (Å²) in [7, 11) is 0. The summed E-state index contributed by atoms with van der Waals surface area (Å²) < 4.78 is 0. The van der Waals surface area contributed by atoms with Gasteiger partial charge in [0, 0.05) is 28.2 Å². The second kappa shape index (κ2) is 5.23. The van der Waals surface area contributed by atoms with E-state index in [2.05, 4.69) is 4.98 Å². The van der Waals surface area contributed by atoms with E-state index in [0.29, 0.717) is 5.56 Å². The number of carboxylic acids is 1. The third-order valence-corrected chi connectivity index (χ3v) is 4.67. The van der Waals surface area contributed by atoms with Gasteiger partial charge < -0.3 is 19.8 Å². The molecular weight excluding hydrogens is 304 g/mol. The van der Waals surface area contributed by atoms with E-state index < -0.39 is 18.1 Å². The van der Waals surface area contributed by atoms with Crippen LogP contribution in [0.4, 0.5) is 0 Å². The van der Waals surface area contributed by atoms with Crippen LogP contribution in [0, 0.1) is 0 Å². The molecule has 24 heavy (non-hydrogen) atoms. The zero-order valence-corrected chi connectivity index (χ0v) is 13.0. The molecular formula is C19H15N2O3-. The minimum atomic E-state index is -1.26. The van der Waals surface area contributed by atoms with Gasteiger partial charge in [0.25, 0.3) is 5.91 Å². The summed E-state index contributed by atoms with van der Waals surface area (Å²) in [4.78, 5) is 28.9. The highest BCUT2D eigenvalue weighted by atomic mass is 16.4. The molecule has 5 nitrogen and oxygen atoms in total. The van der Waals surface area contributed by atoms with E-state index in [1.54, 1.807) is 12.1 Å². The molecule has 5 heteroatoms. The molecule has 0 bridgehead atoms. The Bertz CT molecular complexity index is 960. The van der Waals surface area contributed by atoms with Crippen molar-refractivity contribution >= 4 is 22.8 Å². The van der Waals surface area contributed by atoms with E-state index >= 15 is 0 Å². The number of carbonyl (C=O) groups excluding carboxylic acids is 2. The minimum Gasteiger partial charge on any atom is -0.548 e. The Morgan fingerprint density at radius 2 is 1.83 bits per heavy atom. The normalized spacial score (nSPS) is 18.0. The molecule has 0 spiro atoms. The first kappa shape index (κ1) is 14.5. The number of aromatic nitrogens is 1. The summed E-state index contributed by atoms with van der Waals surface area (Å²) in [6.45, 7) is 1.49. The predicted molar refractivity (Wildman–Crippen MR) is 87.2 cm³/mol. The number of H-pyrrole nitrogens is 1. The van der Waals surface area contributed by atoms with Crippen molar-refractivity contribution in [2.24, 2.45) is 0 Å². The van der Waals surface area contributed by atoms with Gasteiger partial charge in [-0.05, 0) is 24.6 Å². The van der Waals surface area contributed by atoms with Crippen molar-refractivity contribution in [3.8, 4) is 0 Å². The molecule has 1 aromatic heterocycles. The molecule has 1 aliphatic heterocycles. The van der Waals surface area contributed by atoms with Crippen LogP contribution < -0.4 is 5.11 Å². The summed E-state index contributed by atoms with van der Waals surface area (Å²) in [6.07, 6.45) is 1.85. The molecule has 120 valence electrons. The summed E-state index contributed by atoms with van der Waals surface area (Å²) in [5.74, 6) is -1.54. The molecule has 3 aromatic rings. The van der Waals surface area contributed by atoms with E-state index in [9.17, 15) is 14.7 Å². The Kier molecular flexibility index (Phi) is 3.16. The Morgan fingerprint density at radius 1 is 1.12 bits per heavy atom. The number of fused-ring (bicyclic) bond motifs is 2. The summed E-state index contributed by atoms with van der Waals surface area (Å²) in [5, 5.41) is 12.4. The van der Waals surface area contributed by atoms with E-state index in [0.717, 1.165) is 22.0 Å². The van der Waals surface area contributed by atoms with Crippen molar-refractivity contribution < 1.29 is 14.7 Å². The van der Waals surface area contributed by atoms with Gasteiger partial charge in [0.1, 0.15) is 0 Å². The predicted octanol–water partition coefficient (Wildman–Crippen LogP) is 1.85. The Balaban J connectivity index is 1.95.